The average molecular weight is 1010 g/mol. The molecule has 0 aliphatic carbocycles. The SMILES string of the molecule is Cc1cc(C)c(N(c2c(C)cc(C)cc2C)c2c(C)c(C)c(C)c(N(c3cc(-c4ccccc4)nc(-c4ccccc4)n3)c3cc(-c4ccc(-c5ccccc5-c5ccccc5)cc4)nc(-c4ccccc4)n3)c2C)c(C)c1. The molecule has 0 amide bonds. The molecule has 0 saturated heterocycles. The Morgan fingerprint density at radius 2 is 0.577 bits per heavy atom. The Hall–Kier alpha value is -9.26. The summed E-state index contributed by atoms with van der Waals surface area (Å²) >= 11 is 0. The first-order valence-corrected chi connectivity index (χ1v) is 26.9. The van der Waals surface area contributed by atoms with Gasteiger partial charge in [-0.2, -0.15) is 0 Å². The van der Waals surface area contributed by atoms with E-state index >= 15 is 0 Å². The lowest BCUT2D eigenvalue weighted by atomic mass is 9.91. The van der Waals surface area contributed by atoms with Crippen LogP contribution in [-0.4, -0.2) is 19.9 Å². The van der Waals surface area contributed by atoms with E-state index in [9.17, 15) is 0 Å². The monoisotopic (exact) mass is 1010 g/mol. The summed E-state index contributed by atoms with van der Waals surface area (Å²) in [6.07, 6.45) is 0. The molecule has 0 atom stereocenters. The molecule has 0 saturated carbocycles. The summed E-state index contributed by atoms with van der Waals surface area (Å²) < 4.78 is 0. The Labute approximate surface area is 460 Å². The molecule has 0 unspecified atom stereocenters. The lowest BCUT2D eigenvalue weighted by molar-refractivity contribution is 1.05. The summed E-state index contributed by atoms with van der Waals surface area (Å²) in [6, 6.07) is 72.5. The molecule has 9 aromatic carbocycles. The molecule has 0 N–H and O–H groups in total. The topological polar surface area (TPSA) is 58.0 Å². The number of hydrogen-bond donors (Lipinski definition) is 0. The Bertz CT molecular complexity index is 3840. The van der Waals surface area contributed by atoms with Crippen LogP contribution in [0.3, 0.4) is 0 Å². The van der Waals surface area contributed by atoms with E-state index in [0.29, 0.717) is 23.3 Å². The zero-order valence-electron chi connectivity index (χ0n) is 46.3. The summed E-state index contributed by atoms with van der Waals surface area (Å²) in [6.45, 7) is 22.5. The molecule has 2 heterocycles. The van der Waals surface area contributed by atoms with Crippen molar-refractivity contribution in [3.63, 3.8) is 0 Å². The van der Waals surface area contributed by atoms with Crippen molar-refractivity contribution in [3.8, 4) is 67.5 Å². The third-order valence-corrected chi connectivity index (χ3v) is 15.2. The number of anilines is 6. The molecule has 0 aliphatic rings. The number of benzene rings is 9. The fraction of sp³-hybridized carbons (Fsp3) is 0.139. The maximum absolute atomic E-state index is 5.64. The normalized spacial score (nSPS) is 11.2. The van der Waals surface area contributed by atoms with E-state index in [1.54, 1.807) is 0 Å². The Kier molecular flexibility index (Phi) is 14.0. The van der Waals surface area contributed by atoms with Crippen LogP contribution in [0.4, 0.5) is 34.4 Å². The van der Waals surface area contributed by atoms with E-state index in [2.05, 4.69) is 243 Å². The van der Waals surface area contributed by atoms with Crippen molar-refractivity contribution < 1.29 is 0 Å². The maximum Gasteiger partial charge on any atom is 0.162 e. The first-order chi connectivity index (χ1) is 37.8. The molecule has 0 radical (unpaired) electrons. The van der Waals surface area contributed by atoms with Crippen LogP contribution in [0.1, 0.15) is 55.6 Å². The molecule has 11 rings (SSSR count). The number of aromatic nitrogens is 4. The van der Waals surface area contributed by atoms with Crippen LogP contribution in [0.15, 0.2) is 206 Å². The van der Waals surface area contributed by atoms with Crippen molar-refractivity contribution in [1.29, 1.82) is 0 Å². The Morgan fingerprint density at radius 1 is 0.256 bits per heavy atom. The summed E-state index contributed by atoms with van der Waals surface area (Å²) in [5, 5.41) is 0. The fourth-order valence-corrected chi connectivity index (χ4v) is 11.6. The van der Waals surface area contributed by atoms with Crippen molar-refractivity contribution in [3.05, 3.63) is 262 Å². The largest absolute Gasteiger partial charge is 0.309 e. The average Bonchev–Trinajstić information content (AvgIpc) is 3.63. The summed E-state index contributed by atoms with van der Waals surface area (Å²) in [5.74, 6) is 2.56. The smallest absolute Gasteiger partial charge is 0.162 e. The van der Waals surface area contributed by atoms with Crippen LogP contribution in [0.25, 0.3) is 67.5 Å². The molecular weight excluding hydrogens is 949 g/mol. The number of aryl methyl sites for hydroxylation is 6. The number of nitrogens with zero attached hydrogens (tertiary/aromatic N) is 6. The van der Waals surface area contributed by atoms with Crippen molar-refractivity contribution in [1.82, 2.24) is 19.9 Å². The highest BCUT2D eigenvalue weighted by molar-refractivity contribution is 5.93. The van der Waals surface area contributed by atoms with E-state index in [-0.39, 0.29) is 0 Å². The number of rotatable bonds is 12. The van der Waals surface area contributed by atoms with Crippen LogP contribution in [0, 0.1) is 69.2 Å². The van der Waals surface area contributed by atoms with E-state index in [1.165, 1.54) is 72.6 Å². The van der Waals surface area contributed by atoms with Gasteiger partial charge in [0.2, 0.25) is 0 Å². The third kappa shape index (κ3) is 9.78. The predicted molar refractivity (Wildman–Crippen MR) is 327 cm³/mol. The van der Waals surface area contributed by atoms with E-state index in [4.69, 9.17) is 19.9 Å². The second kappa shape index (κ2) is 21.4. The molecule has 0 aliphatic heterocycles. The van der Waals surface area contributed by atoms with Gasteiger partial charge in [-0.05, 0) is 136 Å². The van der Waals surface area contributed by atoms with Crippen LogP contribution in [-0.2, 0) is 0 Å². The van der Waals surface area contributed by atoms with Gasteiger partial charge in [0.05, 0.1) is 34.1 Å². The first-order valence-electron chi connectivity index (χ1n) is 26.9. The maximum atomic E-state index is 5.64. The highest BCUT2D eigenvalue weighted by Crippen LogP contribution is 2.51. The van der Waals surface area contributed by atoms with E-state index in [0.717, 1.165) is 61.7 Å². The summed E-state index contributed by atoms with van der Waals surface area (Å²) in [7, 11) is 0. The van der Waals surface area contributed by atoms with Crippen LogP contribution >= 0.6 is 0 Å². The predicted octanol–water partition coefficient (Wildman–Crippen LogP) is 19.3. The van der Waals surface area contributed by atoms with Gasteiger partial charge in [-0.1, -0.05) is 205 Å². The molecule has 6 heteroatoms. The lowest BCUT2D eigenvalue weighted by Crippen LogP contribution is -2.22. The molecule has 6 nitrogen and oxygen atoms in total. The van der Waals surface area contributed by atoms with Crippen molar-refractivity contribution in [2.75, 3.05) is 9.80 Å². The third-order valence-electron chi connectivity index (χ3n) is 15.2. The quantitative estimate of drug-likeness (QED) is 0.122. The van der Waals surface area contributed by atoms with Gasteiger partial charge in [0, 0.05) is 34.4 Å². The zero-order chi connectivity index (χ0) is 54.2. The van der Waals surface area contributed by atoms with Gasteiger partial charge in [-0.3, -0.25) is 4.90 Å². The lowest BCUT2D eigenvalue weighted by Gasteiger charge is -2.37. The molecule has 0 spiro atoms. The Morgan fingerprint density at radius 3 is 0.987 bits per heavy atom. The van der Waals surface area contributed by atoms with Crippen molar-refractivity contribution in [2.24, 2.45) is 0 Å². The van der Waals surface area contributed by atoms with Gasteiger partial charge in [0.25, 0.3) is 0 Å². The van der Waals surface area contributed by atoms with Crippen molar-refractivity contribution >= 4 is 34.4 Å². The van der Waals surface area contributed by atoms with Gasteiger partial charge in [-0.15, -0.1) is 0 Å². The first kappa shape index (κ1) is 50.9. The molecule has 11 aromatic rings. The van der Waals surface area contributed by atoms with E-state index in [1.807, 2.05) is 42.5 Å². The van der Waals surface area contributed by atoms with Gasteiger partial charge >= 0.3 is 0 Å². The molecular formula is C72H64N6. The minimum absolute atomic E-state index is 0.602. The molecule has 0 fully saturated rings. The molecule has 0 bridgehead atoms. The molecule has 78 heavy (non-hydrogen) atoms. The van der Waals surface area contributed by atoms with Crippen LogP contribution < -0.4 is 9.80 Å². The number of hydrogen-bond acceptors (Lipinski definition) is 6. The van der Waals surface area contributed by atoms with Crippen molar-refractivity contribution in [2.45, 2.75) is 69.2 Å². The van der Waals surface area contributed by atoms with Gasteiger partial charge in [0.1, 0.15) is 11.6 Å². The molecule has 382 valence electrons. The minimum atomic E-state index is 0.602. The standard InChI is InChI=1S/C72H64N6/c1-45-39-47(3)67(48(4)40-45)78(68-49(5)41-46(2)42-50(68)6)70-53(9)51(7)52(8)69(54(70)10)77(65-43-63(57-27-17-12-18-28-57)73-71(75-65)59-29-19-13-20-30-59)66-44-64(74-72(76-66)60-31-21-14-22-32-60)58-37-35-56(36-38-58)62-34-24-23-33-61(62)55-25-15-11-16-26-55/h11-44H,1-10H3. The second-order valence-corrected chi connectivity index (χ2v) is 20.8. The second-order valence-electron chi connectivity index (χ2n) is 20.8. The highest BCUT2D eigenvalue weighted by Gasteiger charge is 2.31. The zero-order valence-corrected chi connectivity index (χ0v) is 46.3. The minimum Gasteiger partial charge on any atom is -0.309 e. The van der Waals surface area contributed by atoms with Crippen LogP contribution in [0.5, 0.6) is 0 Å². The van der Waals surface area contributed by atoms with E-state index < -0.39 is 0 Å². The summed E-state index contributed by atoms with van der Waals surface area (Å²) in [4.78, 5) is 26.8. The highest BCUT2D eigenvalue weighted by atomic mass is 15.3. The molecule has 2 aromatic heterocycles. The van der Waals surface area contributed by atoms with Gasteiger partial charge in [0.15, 0.2) is 11.6 Å². The van der Waals surface area contributed by atoms with Crippen LogP contribution in [0.2, 0.25) is 0 Å². The van der Waals surface area contributed by atoms with Gasteiger partial charge < -0.3 is 4.90 Å². The van der Waals surface area contributed by atoms with Gasteiger partial charge in [-0.25, -0.2) is 19.9 Å². The fourth-order valence-electron chi connectivity index (χ4n) is 11.6. The Balaban J connectivity index is 1.22. The summed E-state index contributed by atoms with van der Waals surface area (Å²) in [5.41, 5.74) is 26.3.